The van der Waals surface area contributed by atoms with E-state index in [9.17, 15) is 26.0 Å². The fourth-order valence-electron chi connectivity index (χ4n) is 3.23. The molecule has 0 bridgehead atoms. The Labute approximate surface area is 166 Å². The molecule has 1 aliphatic rings. The van der Waals surface area contributed by atoms with Gasteiger partial charge in [0.25, 0.3) is 5.92 Å². The van der Waals surface area contributed by atoms with Gasteiger partial charge in [-0.25, -0.2) is 30.7 Å². The van der Waals surface area contributed by atoms with Gasteiger partial charge in [0.2, 0.25) is 10.0 Å². The van der Waals surface area contributed by atoms with Gasteiger partial charge in [0.05, 0.1) is 12.8 Å². The van der Waals surface area contributed by atoms with Crippen molar-refractivity contribution in [1.29, 1.82) is 0 Å². The fourth-order valence-corrected chi connectivity index (χ4v) is 4.03. The van der Waals surface area contributed by atoms with Crippen LogP contribution < -0.4 is 10.0 Å². The third-order valence-corrected chi connectivity index (χ3v) is 5.13. The zero-order chi connectivity index (χ0) is 19.8. The fraction of sp³-hybridized carbons (Fsp3) is 0.333. The molecule has 0 unspecified atom stereocenters. The monoisotopic (exact) mass is 438 g/mol. The van der Waals surface area contributed by atoms with Crippen molar-refractivity contribution in [1.82, 2.24) is 10.0 Å². The predicted molar refractivity (Wildman–Crippen MR) is 101 cm³/mol. The Morgan fingerprint density at radius 3 is 2.50 bits per heavy atom. The highest BCUT2D eigenvalue weighted by molar-refractivity contribution is 7.88. The lowest BCUT2D eigenvalue weighted by Gasteiger charge is -2.24. The number of alkyl halides is 2. The maximum absolute atomic E-state index is 14.9. The van der Waals surface area contributed by atoms with Crippen molar-refractivity contribution in [2.24, 2.45) is 0 Å². The van der Waals surface area contributed by atoms with Gasteiger partial charge in [0, 0.05) is 11.6 Å². The molecule has 2 atom stereocenters. The molecule has 0 amide bonds. The van der Waals surface area contributed by atoms with Crippen molar-refractivity contribution >= 4 is 22.4 Å². The van der Waals surface area contributed by atoms with Gasteiger partial charge in [-0.2, -0.15) is 0 Å². The van der Waals surface area contributed by atoms with Crippen molar-refractivity contribution in [2.45, 2.75) is 24.4 Å². The van der Waals surface area contributed by atoms with Gasteiger partial charge in [0.1, 0.15) is 17.7 Å². The Bertz CT molecular complexity index is 956. The minimum Gasteiger partial charge on any atom is -0.306 e. The summed E-state index contributed by atoms with van der Waals surface area (Å²) in [5.74, 6) is -4.48. The Morgan fingerprint density at radius 1 is 1.18 bits per heavy atom. The molecule has 0 spiro atoms. The molecule has 0 radical (unpaired) electrons. The van der Waals surface area contributed by atoms with Gasteiger partial charge in [-0.1, -0.05) is 30.3 Å². The molecule has 2 aromatic rings. The van der Waals surface area contributed by atoms with Crippen LogP contribution in [-0.4, -0.2) is 39.2 Å². The Morgan fingerprint density at radius 2 is 1.86 bits per heavy atom. The van der Waals surface area contributed by atoms with E-state index >= 15 is 0 Å². The number of sulfonamides is 1. The molecule has 1 heterocycles. The van der Waals surface area contributed by atoms with Crippen LogP contribution in [0.25, 0.3) is 11.1 Å². The molecule has 154 valence electrons. The molecule has 10 heteroatoms. The topological polar surface area (TPSA) is 58.2 Å². The molecular formula is C18H19ClF4N2O2S. The zero-order valence-electron chi connectivity index (χ0n) is 14.8. The number of nitrogens with one attached hydrogen (secondary N) is 2. The van der Waals surface area contributed by atoms with E-state index in [0.717, 1.165) is 6.26 Å². The first-order valence-electron chi connectivity index (χ1n) is 8.19. The van der Waals surface area contributed by atoms with Crippen molar-refractivity contribution in [3.8, 4) is 11.1 Å². The lowest BCUT2D eigenvalue weighted by Crippen LogP contribution is -2.51. The van der Waals surface area contributed by atoms with E-state index in [1.54, 1.807) is 12.1 Å². The lowest BCUT2D eigenvalue weighted by molar-refractivity contribution is -0.000840. The van der Waals surface area contributed by atoms with E-state index in [4.69, 9.17) is 0 Å². The van der Waals surface area contributed by atoms with Crippen molar-refractivity contribution in [3.63, 3.8) is 0 Å². The smallest absolute Gasteiger partial charge is 0.277 e. The van der Waals surface area contributed by atoms with Crippen LogP contribution in [0, 0.1) is 11.6 Å². The molecule has 1 saturated heterocycles. The van der Waals surface area contributed by atoms with Gasteiger partial charge in [-0.05, 0) is 29.7 Å². The van der Waals surface area contributed by atoms with Crippen molar-refractivity contribution in [3.05, 3.63) is 59.7 Å². The summed E-state index contributed by atoms with van der Waals surface area (Å²) < 4.78 is 81.3. The van der Waals surface area contributed by atoms with Gasteiger partial charge in [-0.15, -0.1) is 12.4 Å². The van der Waals surface area contributed by atoms with E-state index in [1.165, 1.54) is 30.3 Å². The summed E-state index contributed by atoms with van der Waals surface area (Å²) in [7, 11) is -3.88. The minimum atomic E-state index is -3.88. The highest BCUT2D eigenvalue weighted by atomic mass is 35.5. The molecule has 3 rings (SSSR count). The highest BCUT2D eigenvalue weighted by Gasteiger charge is 2.51. The van der Waals surface area contributed by atoms with Gasteiger partial charge >= 0.3 is 0 Å². The number of benzene rings is 2. The first kappa shape index (κ1) is 22.6. The lowest BCUT2D eigenvalue weighted by atomic mass is 9.95. The SMILES string of the molecule is CS(=O)(=O)N[C@@H]1[C@H](Cc2cccc(-c3cccc(F)c3)c2F)NCC1(F)F.Cl. The summed E-state index contributed by atoms with van der Waals surface area (Å²) in [4.78, 5) is 0. The summed E-state index contributed by atoms with van der Waals surface area (Å²) in [6, 6.07) is 7.17. The van der Waals surface area contributed by atoms with Crippen molar-refractivity contribution < 1.29 is 26.0 Å². The average Bonchev–Trinajstić information content (AvgIpc) is 2.83. The van der Waals surface area contributed by atoms with Crippen LogP contribution in [0.15, 0.2) is 42.5 Å². The van der Waals surface area contributed by atoms with Crippen molar-refractivity contribution in [2.75, 3.05) is 12.8 Å². The van der Waals surface area contributed by atoms with Crippen LogP contribution in [0.3, 0.4) is 0 Å². The molecule has 1 aliphatic heterocycles. The van der Waals surface area contributed by atoms with E-state index in [-0.39, 0.29) is 30.0 Å². The second-order valence-corrected chi connectivity index (χ2v) is 8.39. The zero-order valence-corrected chi connectivity index (χ0v) is 16.4. The van der Waals surface area contributed by atoms with E-state index in [2.05, 4.69) is 5.32 Å². The van der Waals surface area contributed by atoms with Crippen LogP contribution in [0.2, 0.25) is 0 Å². The second kappa shape index (κ2) is 8.36. The number of rotatable bonds is 5. The third-order valence-electron chi connectivity index (χ3n) is 4.45. The predicted octanol–water partition coefficient (Wildman–Crippen LogP) is 3.12. The first-order chi connectivity index (χ1) is 12.6. The molecule has 4 nitrogen and oxygen atoms in total. The highest BCUT2D eigenvalue weighted by Crippen LogP contribution is 2.31. The molecule has 28 heavy (non-hydrogen) atoms. The molecule has 0 aliphatic carbocycles. The Balaban J connectivity index is 0.00000280. The number of halogens is 5. The quantitative estimate of drug-likeness (QED) is 0.705. The van der Waals surface area contributed by atoms with Gasteiger partial charge in [-0.3, -0.25) is 0 Å². The third kappa shape index (κ3) is 5.02. The maximum atomic E-state index is 14.9. The van der Waals surface area contributed by atoms with Crippen LogP contribution in [0.5, 0.6) is 0 Å². The summed E-state index contributed by atoms with van der Waals surface area (Å²) in [6.45, 7) is -0.712. The van der Waals surface area contributed by atoms with Crippen LogP contribution >= 0.6 is 12.4 Å². The Kier molecular flexibility index (Phi) is 6.75. The molecule has 0 saturated carbocycles. The summed E-state index contributed by atoms with van der Waals surface area (Å²) in [5.41, 5.74) is 0.599. The molecule has 2 aromatic carbocycles. The van der Waals surface area contributed by atoms with Crippen LogP contribution in [0.4, 0.5) is 17.6 Å². The molecule has 0 aromatic heterocycles. The summed E-state index contributed by atoms with van der Waals surface area (Å²) in [6.07, 6.45) is 0.640. The maximum Gasteiger partial charge on any atom is 0.277 e. The van der Waals surface area contributed by atoms with Gasteiger partial charge in [0.15, 0.2) is 0 Å². The van der Waals surface area contributed by atoms with E-state index < -0.39 is 46.2 Å². The number of hydrogen-bond acceptors (Lipinski definition) is 3. The van der Waals surface area contributed by atoms with Crippen LogP contribution in [-0.2, 0) is 16.4 Å². The molecular weight excluding hydrogens is 420 g/mol. The minimum absolute atomic E-state index is 0. The normalized spacial score (nSPS) is 21.3. The standard InChI is InChI=1S/C18H18F4N2O2S.ClH/c1-27(25,26)24-17-15(23-10-18(17,21)22)9-12-5-3-7-14(16(12)20)11-4-2-6-13(19)8-11;/h2-8,15,17,23-24H,9-10H2,1H3;1H/t15-,17+;/m0./s1. The van der Waals surface area contributed by atoms with E-state index in [1.807, 2.05) is 4.72 Å². The second-order valence-electron chi connectivity index (χ2n) is 6.61. The van der Waals surface area contributed by atoms with Crippen LogP contribution in [0.1, 0.15) is 5.56 Å². The average molecular weight is 439 g/mol. The summed E-state index contributed by atoms with van der Waals surface area (Å²) >= 11 is 0. The van der Waals surface area contributed by atoms with Gasteiger partial charge < -0.3 is 5.32 Å². The van der Waals surface area contributed by atoms with E-state index in [0.29, 0.717) is 5.56 Å². The Hall–Kier alpha value is -1.68. The molecule has 2 N–H and O–H groups in total. The largest absolute Gasteiger partial charge is 0.306 e. The summed E-state index contributed by atoms with van der Waals surface area (Å²) in [5, 5.41) is 2.56. The molecule has 1 fully saturated rings. The first-order valence-corrected chi connectivity index (χ1v) is 10.1. The number of hydrogen-bond donors (Lipinski definition) is 2.